The van der Waals surface area contributed by atoms with Gasteiger partial charge >= 0.3 is 6.09 Å². The highest BCUT2D eigenvalue weighted by molar-refractivity contribution is 7.90. The van der Waals surface area contributed by atoms with E-state index in [1.54, 1.807) is 13.0 Å². The van der Waals surface area contributed by atoms with Crippen molar-refractivity contribution in [2.75, 3.05) is 13.2 Å². The first kappa shape index (κ1) is 24.9. The summed E-state index contributed by atoms with van der Waals surface area (Å²) in [4.78, 5) is 25.3. The van der Waals surface area contributed by atoms with E-state index in [1.165, 1.54) is 30.3 Å². The highest BCUT2D eigenvalue weighted by Gasteiger charge is 2.30. The minimum Gasteiger partial charge on any atom is -0.450 e. The van der Waals surface area contributed by atoms with Gasteiger partial charge in [0, 0.05) is 6.54 Å². The third kappa shape index (κ3) is 5.78. The van der Waals surface area contributed by atoms with Gasteiger partial charge in [0.25, 0.3) is 5.78 Å². The van der Waals surface area contributed by atoms with Crippen LogP contribution in [0.1, 0.15) is 18.1 Å². The van der Waals surface area contributed by atoms with Crippen molar-refractivity contribution in [2.45, 2.75) is 30.2 Å². The first-order chi connectivity index (χ1) is 16.3. The summed E-state index contributed by atoms with van der Waals surface area (Å²) >= 11 is 0. The fourth-order valence-electron chi connectivity index (χ4n) is 3.54. The standard InChI is InChI=1S/C25H24N2O6S/c1-2-33-25(30)27(23(16-28)24(29)14-26)15-18-8-11-22(12-9-18)34(31,32)17-19-7-10-20-5-3-4-6-21(20)13-19/h3-13,23,28H,2,15-17H2,1H3/t23-/m0/s1. The van der Waals surface area contributed by atoms with Crippen molar-refractivity contribution in [1.82, 2.24) is 4.90 Å². The molecule has 0 aliphatic heterocycles. The number of hydrogen-bond acceptors (Lipinski definition) is 7. The maximum absolute atomic E-state index is 12.9. The van der Waals surface area contributed by atoms with Crippen LogP contribution in [-0.2, 0) is 31.7 Å². The summed E-state index contributed by atoms with van der Waals surface area (Å²) in [6.07, 6.45) is -0.863. The molecule has 176 valence electrons. The van der Waals surface area contributed by atoms with Gasteiger partial charge in [-0.15, -0.1) is 0 Å². The number of hydrogen-bond donors (Lipinski definition) is 1. The predicted molar refractivity (Wildman–Crippen MR) is 125 cm³/mol. The summed E-state index contributed by atoms with van der Waals surface area (Å²) < 4.78 is 30.8. The molecule has 0 aromatic heterocycles. The molecule has 0 saturated carbocycles. The summed E-state index contributed by atoms with van der Waals surface area (Å²) in [5, 5.41) is 20.4. The van der Waals surface area contributed by atoms with E-state index in [2.05, 4.69) is 0 Å². The Balaban J connectivity index is 1.80. The van der Waals surface area contributed by atoms with Crippen molar-refractivity contribution in [2.24, 2.45) is 0 Å². The van der Waals surface area contributed by atoms with E-state index in [0.717, 1.165) is 15.7 Å². The molecule has 0 unspecified atom stereocenters. The Labute approximate surface area is 197 Å². The number of aliphatic hydroxyl groups is 1. The molecule has 0 radical (unpaired) electrons. The fraction of sp³-hybridized carbons (Fsp3) is 0.240. The van der Waals surface area contributed by atoms with Gasteiger partial charge in [0.1, 0.15) is 12.1 Å². The molecule has 9 heteroatoms. The highest BCUT2D eigenvalue weighted by atomic mass is 32.2. The summed E-state index contributed by atoms with van der Waals surface area (Å²) in [7, 11) is -3.63. The second kappa shape index (κ2) is 10.9. The first-order valence-corrected chi connectivity index (χ1v) is 12.2. The Morgan fingerprint density at radius 2 is 1.68 bits per heavy atom. The number of ketones is 1. The van der Waals surface area contributed by atoms with Gasteiger partial charge in [0.05, 0.1) is 23.9 Å². The molecule has 0 spiro atoms. The molecule has 8 nitrogen and oxygen atoms in total. The number of rotatable bonds is 9. The van der Waals surface area contributed by atoms with Crippen LogP contribution < -0.4 is 0 Å². The number of nitrogens with zero attached hydrogens (tertiary/aromatic N) is 2. The number of benzene rings is 3. The van der Waals surface area contributed by atoms with Crippen molar-refractivity contribution in [3.63, 3.8) is 0 Å². The average molecular weight is 481 g/mol. The zero-order valence-corrected chi connectivity index (χ0v) is 19.4. The summed E-state index contributed by atoms with van der Waals surface area (Å²) in [6.45, 7) is 0.734. The molecule has 0 saturated heterocycles. The molecule has 1 atom stereocenters. The largest absolute Gasteiger partial charge is 0.450 e. The summed E-state index contributed by atoms with van der Waals surface area (Å²) in [6, 6.07) is 19.1. The molecule has 0 heterocycles. The van der Waals surface area contributed by atoms with Crippen LogP contribution in [0, 0.1) is 11.3 Å². The number of fused-ring (bicyclic) bond motifs is 1. The molecule has 0 aliphatic rings. The van der Waals surface area contributed by atoms with Crippen LogP contribution in [-0.4, -0.2) is 49.6 Å². The molecule has 0 fully saturated rings. The van der Waals surface area contributed by atoms with Crippen LogP contribution in [0.15, 0.2) is 71.6 Å². The smallest absolute Gasteiger partial charge is 0.410 e. The van der Waals surface area contributed by atoms with Crippen molar-refractivity contribution >= 4 is 32.5 Å². The molecular weight excluding hydrogens is 456 g/mol. The van der Waals surface area contributed by atoms with Gasteiger partial charge in [-0.05, 0) is 41.0 Å². The molecule has 34 heavy (non-hydrogen) atoms. The number of sulfone groups is 1. The van der Waals surface area contributed by atoms with Gasteiger partial charge in [0.15, 0.2) is 9.84 Å². The maximum atomic E-state index is 12.9. The average Bonchev–Trinajstić information content (AvgIpc) is 2.83. The third-order valence-electron chi connectivity index (χ3n) is 5.27. The van der Waals surface area contributed by atoms with Crippen molar-refractivity contribution in [3.8, 4) is 6.07 Å². The number of aliphatic hydroxyl groups excluding tert-OH is 1. The quantitative estimate of drug-likeness (QED) is 0.466. The van der Waals surface area contributed by atoms with E-state index in [9.17, 15) is 23.1 Å². The summed E-state index contributed by atoms with van der Waals surface area (Å²) in [5.41, 5.74) is 1.17. The Morgan fingerprint density at radius 3 is 2.29 bits per heavy atom. The highest BCUT2D eigenvalue weighted by Crippen LogP contribution is 2.22. The van der Waals surface area contributed by atoms with Crippen molar-refractivity contribution in [1.29, 1.82) is 5.26 Å². The zero-order chi connectivity index (χ0) is 24.7. The van der Waals surface area contributed by atoms with Crippen LogP contribution in [0.25, 0.3) is 10.8 Å². The van der Waals surface area contributed by atoms with Gasteiger partial charge < -0.3 is 9.84 Å². The number of carbonyl (C=O) groups is 2. The predicted octanol–water partition coefficient (Wildman–Crippen LogP) is 3.23. The lowest BCUT2D eigenvalue weighted by Crippen LogP contribution is -2.46. The van der Waals surface area contributed by atoms with Gasteiger partial charge in [-0.3, -0.25) is 9.69 Å². The topological polar surface area (TPSA) is 125 Å². The number of Topliss-reactive ketones (excluding diaryl/α,β-unsaturated/α-hetero) is 1. The van der Waals surface area contributed by atoms with E-state index in [1.807, 2.05) is 36.4 Å². The molecule has 1 amide bonds. The monoisotopic (exact) mass is 480 g/mol. The molecule has 3 aromatic carbocycles. The Kier molecular flexibility index (Phi) is 7.99. The Hall–Kier alpha value is -3.74. The van der Waals surface area contributed by atoms with Crippen LogP contribution in [0.3, 0.4) is 0 Å². The van der Waals surface area contributed by atoms with Gasteiger partial charge in [-0.2, -0.15) is 5.26 Å². The Bertz CT molecular complexity index is 1330. The molecule has 0 aliphatic carbocycles. The number of amides is 1. The van der Waals surface area contributed by atoms with E-state index in [-0.39, 0.29) is 23.8 Å². The van der Waals surface area contributed by atoms with E-state index >= 15 is 0 Å². The third-order valence-corrected chi connectivity index (χ3v) is 6.97. The lowest BCUT2D eigenvalue weighted by Gasteiger charge is -2.27. The minimum atomic E-state index is -3.63. The summed E-state index contributed by atoms with van der Waals surface area (Å²) in [5.74, 6) is -1.15. The van der Waals surface area contributed by atoms with Crippen molar-refractivity contribution < 1.29 is 27.9 Å². The van der Waals surface area contributed by atoms with Crippen LogP contribution >= 0.6 is 0 Å². The minimum absolute atomic E-state index is 0.0418. The number of ether oxygens (including phenoxy) is 1. The van der Waals surface area contributed by atoms with E-state index in [4.69, 9.17) is 10.00 Å². The number of nitriles is 1. The second-order valence-electron chi connectivity index (χ2n) is 7.59. The number of carbonyl (C=O) groups excluding carboxylic acids is 2. The lowest BCUT2D eigenvalue weighted by atomic mass is 10.1. The maximum Gasteiger partial charge on any atom is 0.410 e. The molecule has 1 N–H and O–H groups in total. The van der Waals surface area contributed by atoms with Gasteiger partial charge in [-0.1, -0.05) is 54.6 Å². The van der Waals surface area contributed by atoms with E-state index < -0.39 is 34.4 Å². The lowest BCUT2D eigenvalue weighted by molar-refractivity contribution is -0.120. The van der Waals surface area contributed by atoms with E-state index in [0.29, 0.717) is 11.1 Å². The first-order valence-electron chi connectivity index (χ1n) is 10.6. The molecule has 3 aromatic rings. The second-order valence-corrected chi connectivity index (χ2v) is 9.58. The SMILES string of the molecule is CCOC(=O)N(Cc1ccc(S(=O)(=O)Cc2ccc3ccccc3c2)cc1)[C@@H](CO)C(=O)C#N. The van der Waals surface area contributed by atoms with Crippen LogP contribution in [0.4, 0.5) is 4.79 Å². The van der Waals surface area contributed by atoms with Crippen molar-refractivity contribution in [3.05, 3.63) is 77.9 Å². The molecule has 0 bridgehead atoms. The fourth-order valence-corrected chi connectivity index (χ4v) is 4.87. The van der Waals surface area contributed by atoms with Crippen LogP contribution in [0.5, 0.6) is 0 Å². The van der Waals surface area contributed by atoms with Crippen LogP contribution in [0.2, 0.25) is 0 Å². The normalized spacial score (nSPS) is 12.0. The van der Waals surface area contributed by atoms with Gasteiger partial charge in [-0.25, -0.2) is 13.2 Å². The van der Waals surface area contributed by atoms with Gasteiger partial charge in [0.2, 0.25) is 0 Å². The zero-order valence-electron chi connectivity index (χ0n) is 18.5. The molecule has 3 rings (SSSR count). The molecular formula is C25H24N2O6S. The Morgan fingerprint density at radius 1 is 1.03 bits per heavy atom.